The average molecular weight is 181 g/mol. The molecule has 1 saturated heterocycles. The van der Waals surface area contributed by atoms with Gasteiger partial charge in [0.15, 0.2) is 0 Å². The van der Waals surface area contributed by atoms with Gasteiger partial charge in [-0.3, -0.25) is 0 Å². The molecule has 0 aliphatic carbocycles. The molecule has 0 aromatic rings. The molecule has 48 valence electrons. The minimum atomic E-state index is 0.0828. The zero-order valence-electron chi connectivity index (χ0n) is 4.51. The van der Waals surface area contributed by atoms with Crippen LogP contribution < -0.4 is 0 Å². The Labute approximate surface area is 57.0 Å². The van der Waals surface area contributed by atoms with Gasteiger partial charge in [-0.25, -0.2) is 0 Å². The van der Waals surface area contributed by atoms with Crippen LogP contribution in [0.3, 0.4) is 0 Å². The van der Waals surface area contributed by atoms with Gasteiger partial charge in [0.05, 0.1) is 19.3 Å². The van der Waals surface area contributed by atoms with Crippen LogP contribution in [0.5, 0.6) is 0 Å². The highest BCUT2D eigenvalue weighted by Crippen LogP contribution is 2.18. The molecule has 0 saturated carbocycles. The monoisotopic (exact) mass is 180 g/mol. The molecule has 0 aromatic heterocycles. The highest BCUT2D eigenvalue weighted by atomic mass is 79.9. The zero-order valence-corrected chi connectivity index (χ0v) is 6.10. The molecule has 0 spiro atoms. The fourth-order valence-electron chi connectivity index (χ4n) is 0.789. The second kappa shape index (κ2) is 2.80. The standard InChI is InChI=1S/C5H9BrO2/c6-4-1-5(2-7)8-3-4/h4-5,7H,1-3H2/t4-,5+/m0/s1. The van der Waals surface area contributed by atoms with Crippen molar-refractivity contribution in [3.05, 3.63) is 0 Å². The summed E-state index contributed by atoms with van der Waals surface area (Å²) in [4.78, 5) is 0.458. The third-order valence-electron chi connectivity index (χ3n) is 1.24. The van der Waals surface area contributed by atoms with Gasteiger partial charge in [0.1, 0.15) is 0 Å². The van der Waals surface area contributed by atoms with E-state index >= 15 is 0 Å². The lowest BCUT2D eigenvalue weighted by atomic mass is 10.2. The molecule has 1 rings (SSSR count). The van der Waals surface area contributed by atoms with E-state index in [1.807, 2.05) is 0 Å². The molecule has 0 aromatic carbocycles. The molecule has 1 fully saturated rings. The van der Waals surface area contributed by atoms with Crippen molar-refractivity contribution in [2.75, 3.05) is 13.2 Å². The molecule has 3 heteroatoms. The van der Waals surface area contributed by atoms with Crippen LogP contribution in [-0.2, 0) is 4.74 Å². The van der Waals surface area contributed by atoms with E-state index < -0.39 is 0 Å². The largest absolute Gasteiger partial charge is 0.394 e. The number of hydrogen-bond donors (Lipinski definition) is 1. The summed E-state index contributed by atoms with van der Waals surface area (Å²) in [6, 6.07) is 0. The predicted octanol–water partition coefficient (Wildman–Crippen LogP) is 0.531. The number of hydrogen-bond acceptors (Lipinski definition) is 2. The van der Waals surface area contributed by atoms with Gasteiger partial charge in [-0.1, -0.05) is 15.9 Å². The van der Waals surface area contributed by atoms with Gasteiger partial charge >= 0.3 is 0 Å². The molecule has 0 amide bonds. The van der Waals surface area contributed by atoms with E-state index in [2.05, 4.69) is 15.9 Å². The first-order valence-corrected chi connectivity index (χ1v) is 3.61. The van der Waals surface area contributed by atoms with E-state index in [9.17, 15) is 0 Å². The lowest BCUT2D eigenvalue weighted by molar-refractivity contribution is 0.0593. The van der Waals surface area contributed by atoms with Gasteiger partial charge in [-0.15, -0.1) is 0 Å². The van der Waals surface area contributed by atoms with E-state index in [0.717, 1.165) is 13.0 Å². The maximum atomic E-state index is 8.54. The fraction of sp³-hybridized carbons (Fsp3) is 1.00. The van der Waals surface area contributed by atoms with Crippen LogP contribution in [-0.4, -0.2) is 29.3 Å². The van der Waals surface area contributed by atoms with Crippen LogP contribution in [0.15, 0.2) is 0 Å². The molecule has 0 bridgehead atoms. The maximum absolute atomic E-state index is 8.54. The number of halogens is 1. The summed E-state index contributed by atoms with van der Waals surface area (Å²) in [5.74, 6) is 0. The van der Waals surface area contributed by atoms with Gasteiger partial charge in [-0.05, 0) is 6.42 Å². The second-order valence-electron chi connectivity index (χ2n) is 1.97. The van der Waals surface area contributed by atoms with Crippen LogP contribution in [0.25, 0.3) is 0 Å². The molecule has 8 heavy (non-hydrogen) atoms. The Hall–Kier alpha value is 0.400. The van der Waals surface area contributed by atoms with Crippen molar-refractivity contribution >= 4 is 15.9 Å². The summed E-state index contributed by atoms with van der Waals surface area (Å²) in [5, 5.41) is 8.54. The lowest BCUT2D eigenvalue weighted by Gasteiger charge is -2.00. The summed E-state index contributed by atoms with van der Waals surface area (Å²) in [5.41, 5.74) is 0. The van der Waals surface area contributed by atoms with Crippen molar-refractivity contribution < 1.29 is 9.84 Å². The Bertz CT molecular complexity index is 76.8. The Balaban J connectivity index is 2.22. The molecule has 1 aliphatic rings. The average Bonchev–Trinajstić information content (AvgIpc) is 2.14. The van der Waals surface area contributed by atoms with Crippen LogP contribution in [0.2, 0.25) is 0 Å². The number of rotatable bonds is 1. The highest BCUT2D eigenvalue weighted by Gasteiger charge is 2.21. The van der Waals surface area contributed by atoms with Gasteiger partial charge < -0.3 is 9.84 Å². The molecule has 2 atom stereocenters. The van der Waals surface area contributed by atoms with Gasteiger partial charge in [0.2, 0.25) is 0 Å². The Kier molecular flexibility index (Phi) is 2.28. The smallest absolute Gasteiger partial charge is 0.0817 e. The Morgan fingerprint density at radius 2 is 2.50 bits per heavy atom. The predicted molar refractivity (Wildman–Crippen MR) is 34.2 cm³/mol. The van der Waals surface area contributed by atoms with Crippen molar-refractivity contribution in [1.82, 2.24) is 0 Å². The van der Waals surface area contributed by atoms with Crippen molar-refractivity contribution in [3.63, 3.8) is 0 Å². The molecule has 2 nitrogen and oxygen atoms in total. The van der Waals surface area contributed by atoms with Crippen molar-refractivity contribution in [2.45, 2.75) is 17.4 Å². The van der Waals surface area contributed by atoms with Gasteiger partial charge in [0.25, 0.3) is 0 Å². The summed E-state index contributed by atoms with van der Waals surface area (Å²) in [6.07, 6.45) is 1.02. The van der Waals surface area contributed by atoms with Crippen LogP contribution in [0.4, 0.5) is 0 Å². The van der Waals surface area contributed by atoms with Crippen molar-refractivity contribution in [1.29, 1.82) is 0 Å². The minimum absolute atomic E-state index is 0.0828. The van der Waals surface area contributed by atoms with Crippen molar-refractivity contribution in [2.24, 2.45) is 0 Å². The summed E-state index contributed by atoms with van der Waals surface area (Å²) in [7, 11) is 0. The minimum Gasteiger partial charge on any atom is -0.394 e. The third kappa shape index (κ3) is 1.44. The van der Waals surface area contributed by atoms with E-state index in [4.69, 9.17) is 9.84 Å². The van der Waals surface area contributed by atoms with Gasteiger partial charge in [0, 0.05) is 4.83 Å². The molecule has 0 radical (unpaired) electrons. The highest BCUT2D eigenvalue weighted by molar-refractivity contribution is 9.09. The fourth-order valence-corrected chi connectivity index (χ4v) is 1.36. The molecule has 1 heterocycles. The molecule has 0 unspecified atom stereocenters. The number of ether oxygens (including phenoxy) is 1. The quantitative estimate of drug-likeness (QED) is 0.598. The summed E-state index contributed by atoms with van der Waals surface area (Å²) in [6.45, 7) is 0.896. The van der Waals surface area contributed by atoms with Crippen LogP contribution >= 0.6 is 15.9 Å². The second-order valence-corrected chi connectivity index (χ2v) is 3.27. The van der Waals surface area contributed by atoms with Crippen LogP contribution in [0.1, 0.15) is 6.42 Å². The van der Waals surface area contributed by atoms with E-state index in [0.29, 0.717) is 4.83 Å². The van der Waals surface area contributed by atoms with Gasteiger partial charge in [-0.2, -0.15) is 0 Å². The molecular formula is C5H9BrO2. The topological polar surface area (TPSA) is 29.5 Å². The Morgan fingerprint density at radius 1 is 1.75 bits per heavy atom. The van der Waals surface area contributed by atoms with E-state index in [1.54, 1.807) is 0 Å². The summed E-state index contributed by atoms with van der Waals surface area (Å²) < 4.78 is 5.12. The first kappa shape index (κ1) is 6.52. The van der Waals surface area contributed by atoms with Crippen molar-refractivity contribution in [3.8, 4) is 0 Å². The zero-order chi connectivity index (χ0) is 5.98. The van der Waals surface area contributed by atoms with E-state index in [1.165, 1.54) is 0 Å². The maximum Gasteiger partial charge on any atom is 0.0817 e. The number of alkyl halides is 1. The first-order chi connectivity index (χ1) is 3.83. The third-order valence-corrected chi connectivity index (χ3v) is 1.87. The summed E-state index contributed by atoms with van der Waals surface area (Å²) >= 11 is 3.38. The SMILES string of the molecule is OC[C@H]1C[C@H](Br)CO1. The molecule has 1 aliphatic heterocycles. The number of aliphatic hydroxyl groups is 1. The van der Waals surface area contributed by atoms with E-state index in [-0.39, 0.29) is 12.7 Å². The van der Waals surface area contributed by atoms with Crippen LogP contribution in [0, 0.1) is 0 Å². The first-order valence-electron chi connectivity index (χ1n) is 2.69. The number of aliphatic hydroxyl groups excluding tert-OH is 1. The normalized spacial score (nSPS) is 38.2. The Morgan fingerprint density at radius 3 is 2.75 bits per heavy atom. The lowest BCUT2D eigenvalue weighted by Crippen LogP contribution is -2.09. The molecule has 1 N–H and O–H groups in total. The molecular weight excluding hydrogens is 172 g/mol.